The predicted molar refractivity (Wildman–Crippen MR) is 200 cm³/mol. The first kappa shape index (κ1) is 46.2. The molecule has 7 amide bonds. The Balaban J connectivity index is 2.65. The number of nitrogens with two attached hydrogens (primary N) is 5. The van der Waals surface area contributed by atoms with Crippen LogP contribution in [0.3, 0.4) is 0 Å². The molecule has 19 heteroatoms. The Morgan fingerprint density at radius 3 is 1.95 bits per heavy atom. The van der Waals surface area contributed by atoms with Gasteiger partial charge in [-0.15, -0.1) is 0 Å². The summed E-state index contributed by atoms with van der Waals surface area (Å²) < 4.78 is 0. The van der Waals surface area contributed by atoms with E-state index in [1.807, 2.05) is 30.3 Å². The van der Waals surface area contributed by atoms with Crippen LogP contribution in [0.15, 0.2) is 30.3 Å². The Morgan fingerprint density at radius 2 is 1.42 bits per heavy atom. The first-order valence-electron chi connectivity index (χ1n) is 18.3. The third-order valence-corrected chi connectivity index (χ3v) is 9.74. The molecule has 0 spiro atoms. The zero-order valence-electron chi connectivity index (χ0n) is 31.9. The molecule has 1 saturated heterocycles. The molecule has 0 saturated carbocycles. The van der Waals surface area contributed by atoms with Crippen LogP contribution in [0.25, 0.3) is 0 Å². The van der Waals surface area contributed by atoms with E-state index in [0.717, 1.165) is 10.6 Å². The zero-order chi connectivity index (χ0) is 41.6. The van der Waals surface area contributed by atoms with Crippen molar-refractivity contribution in [1.82, 2.24) is 26.3 Å². The fourth-order valence-electron chi connectivity index (χ4n) is 6.70. The van der Waals surface area contributed by atoms with Gasteiger partial charge in [-0.1, -0.05) is 58.0 Å². The number of ketones is 1. The molecular formula is C36H58N10O9. The van der Waals surface area contributed by atoms with Crippen molar-refractivity contribution < 1.29 is 43.5 Å². The van der Waals surface area contributed by atoms with Crippen molar-refractivity contribution in [1.29, 1.82) is 0 Å². The highest BCUT2D eigenvalue weighted by Crippen LogP contribution is 2.39. The van der Waals surface area contributed by atoms with Crippen LogP contribution in [-0.4, -0.2) is 106 Å². The van der Waals surface area contributed by atoms with Gasteiger partial charge < -0.3 is 49.3 Å². The van der Waals surface area contributed by atoms with Gasteiger partial charge in [-0.05, 0) is 55.4 Å². The molecule has 1 aliphatic heterocycles. The normalized spacial score (nSPS) is 19.8. The van der Waals surface area contributed by atoms with Crippen molar-refractivity contribution in [3.63, 3.8) is 0 Å². The van der Waals surface area contributed by atoms with Crippen molar-refractivity contribution in [3.8, 4) is 0 Å². The van der Waals surface area contributed by atoms with Crippen LogP contribution in [0.5, 0.6) is 0 Å². The van der Waals surface area contributed by atoms with Gasteiger partial charge in [0, 0.05) is 13.0 Å². The Morgan fingerprint density at radius 1 is 0.818 bits per heavy atom. The van der Waals surface area contributed by atoms with E-state index in [2.05, 4.69) is 21.3 Å². The van der Waals surface area contributed by atoms with Crippen LogP contribution in [0.1, 0.15) is 71.8 Å². The summed E-state index contributed by atoms with van der Waals surface area (Å²) in [6.07, 6.45) is 0.0189. The largest absolute Gasteiger partial charge is 0.394 e. The van der Waals surface area contributed by atoms with Gasteiger partial charge in [0.05, 0.1) is 19.1 Å². The summed E-state index contributed by atoms with van der Waals surface area (Å²) in [5.74, 6) is -2.66. The fraction of sp³-hybridized carbons (Fsp3) is 0.611. The molecule has 1 aromatic carbocycles. The van der Waals surface area contributed by atoms with Crippen molar-refractivity contribution in [2.24, 2.45) is 46.5 Å². The number of hydrogen-bond donors (Lipinski definition) is 10. The van der Waals surface area contributed by atoms with Crippen LogP contribution in [0.4, 0.5) is 0 Å². The molecule has 6 unspecified atom stereocenters. The second-order valence-corrected chi connectivity index (χ2v) is 14.6. The minimum absolute atomic E-state index is 0.0262. The van der Waals surface area contributed by atoms with E-state index in [-0.39, 0.29) is 32.2 Å². The molecule has 19 nitrogen and oxygen atoms in total. The summed E-state index contributed by atoms with van der Waals surface area (Å²) in [4.78, 5) is 106. The third kappa shape index (κ3) is 12.5. The van der Waals surface area contributed by atoms with Crippen LogP contribution in [-0.2, 0) is 44.8 Å². The molecular weight excluding hydrogens is 716 g/mol. The number of carbonyl (C=O) groups is 8. The maximum absolute atomic E-state index is 15.0. The highest BCUT2D eigenvalue weighted by molar-refractivity contribution is 6.15. The van der Waals surface area contributed by atoms with Gasteiger partial charge in [-0.25, -0.2) is 5.01 Å². The summed E-state index contributed by atoms with van der Waals surface area (Å²) in [6.45, 7) is 5.88. The molecule has 7 atom stereocenters. The lowest BCUT2D eigenvalue weighted by atomic mass is 9.74. The number of hydrogen-bond acceptors (Lipinski definition) is 12. The highest BCUT2D eigenvalue weighted by atomic mass is 16.3. The van der Waals surface area contributed by atoms with Gasteiger partial charge >= 0.3 is 0 Å². The van der Waals surface area contributed by atoms with Gasteiger partial charge in [-0.2, -0.15) is 0 Å². The average molecular weight is 775 g/mol. The molecule has 1 aromatic rings. The molecule has 2 rings (SSSR count). The Kier molecular flexibility index (Phi) is 17.8. The molecule has 0 radical (unpaired) electrons. The van der Waals surface area contributed by atoms with Crippen molar-refractivity contribution in [2.45, 2.75) is 108 Å². The molecule has 55 heavy (non-hydrogen) atoms. The Bertz CT molecular complexity index is 1540. The lowest BCUT2D eigenvalue weighted by molar-refractivity contribution is -0.151. The van der Waals surface area contributed by atoms with E-state index in [9.17, 15) is 43.5 Å². The maximum Gasteiger partial charge on any atom is 0.250 e. The van der Waals surface area contributed by atoms with Gasteiger partial charge in [0.15, 0.2) is 11.3 Å². The lowest BCUT2D eigenvalue weighted by Crippen LogP contribution is -2.72. The number of benzene rings is 1. The van der Waals surface area contributed by atoms with E-state index in [0.29, 0.717) is 12.8 Å². The molecule has 0 aromatic heterocycles. The number of aliphatic hydroxyl groups excluding tert-OH is 1. The maximum atomic E-state index is 15.0. The van der Waals surface area contributed by atoms with E-state index >= 15 is 0 Å². The van der Waals surface area contributed by atoms with Gasteiger partial charge in [0.2, 0.25) is 35.4 Å². The fourth-order valence-corrected chi connectivity index (χ4v) is 6.70. The van der Waals surface area contributed by atoms with Crippen molar-refractivity contribution in [3.05, 3.63) is 35.9 Å². The molecule has 306 valence electrons. The summed E-state index contributed by atoms with van der Waals surface area (Å²) >= 11 is 0. The van der Waals surface area contributed by atoms with Crippen LogP contribution >= 0.6 is 0 Å². The average Bonchev–Trinajstić information content (AvgIpc) is 3.45. The molecule has 1 heterocycles. The summed E-state index contributed by atoms with van der Waals surface area (Å²) in [6, 6.07) is 2.33. The number of hydrazine groups is 1. The first-order valence-corrected chi connectivity index (χ1v) is 18.3. The third-order valence-electron chi connectivity index (χ3n) is 9.74. The second kappa shape index (κ2) is 21.2. The first-order chi connectivity index (χ1) is 25.8. The topological polar surface area (TPSA) is 338 Å². The smallest absolute Gasteiger partial charge is 0.250 e. The van der Waals surface area contributed by atoms with E-state index in [1.54, 1.807) is 27.7 Å². The van der Waals surface area contributed by atoms with Crippen molar-refractivity contribution >= 4 is 47.1 Å². The number of rotatable bonds is 23. The van der Waals surface area contributed by atoms with Gasteiger partial charge in [0.1, 0.15) is 24.2 Å². The number of aryl methyl sites for hydroxylation is 1. The highest BCUT2D eigenvalue weighted by Gasteiger charge is 2.61. The lowest BCUT2D eigenvalue weighted by Gasteiger charge is -2.41. The van der Waals surface area contributed by atoms with E-state index in [1.165, 1.54) is 0 Å². The molecule has 15 N–H and O–H groups in total. The van der Waals surface area contributed by atoms with Crippen LogP contribution < -0.4 is 50.0 Å². The van der Waals surface area contributed by atoms with Gasteiger partial charge in [0.25, 0.3) is 5.91 Å². The van der Waals surface area contributed by atoms with Crippen LogP contribution in [0.2, 0.25) is 0 Å². The number of carbonyl (C=O) groups excluding carboxylic acids is 8. The molecule has 0 bridgehead atoms. The SMILES string of the molecule is CC(C)C(NC(=O)C(NC(=O)[C@]1(C(=O)C(CC(N)=O)NC(=O)C(CCC(N)=O)NC(=O)C(N)CO)C(CCCc2ccccc2)CCN1N)C(C)C)C(N)=O. The number of Topliss-reactive ketones (excluding diaryl/α,β-unsaturated/α-hetero) is 1. The van der Waals surface area contributed by atoms with Crippen LogP contribution in [0, 0.1) is 17.8 Å². The molecule has 0 aliphatic carbocycles. The van der Waals surface area contributed by atoms with E-state index < -0.39 is 114 Å². The summed E-state index contributed by atoms with van der Waals surface area (Å²) in [5, 5.41) is 20.3. The zero-order valence-corrected chi connectivity index (χ0v) is 31.9. The number of primary amides is 3. The molecule has 1 aliphatic rings. The summed E-state index contributed by atoms with van der Waals surface area (Å²) in [5.41, 5.74) is 20.7. The Hall–Kier alpha value is -4.98. The number of aliphatic hydroxyl groups is 1. The molecule has 1 fully saturated rings. The minimum Gasteiger partial charge on any atom is -0.394 e. The second-order valence-electron chi connectivity index (χ2n) is 14.6. The van der Waals surface area contributed by atoms with Gasteiger partial charge in [-0.3, -0.25) is 44.2 Å². The van der Waals surface area contributed by atoms with E-state index in [4.69, 9.17) is 28.8 Å². The number of amides is 7. The minimum atomic E-state index is -2.27. The number of nitrogens with zero attached hydrogens (tertiary/aromatic N) is 1. The van der Waals surface area contributed by atoms with Crippen molar-refractivity contribution in [2.75, 3.05) is 13.2 Å². The quantitative estimate of drug-likeness (QED) is 0.0386. The monoisotopic (exact) mass is 774 g/mol. The summed E-state index contributed by atoms with van der Waals surface area (Å²) in [7, 11) is 0. The number of nitrogens with one attached hydrogen (secondary N) is 4. The Labute approximate surface area is 320 Å². The predicted octanol–water partition coefficient (Wildman–Crippen LogP) is -3.29. The standard InChI is InChI=1S/C36H58N10O9/c1-19(2)28(31(40)51)44-34(54)29(20(3)4)45-35(55)36(22(15-16-46(36)41)12-8-11-21-9-6-5-7-10-21)30(50)25(17-27(39)49)43-33(53)24(13-14-26(38)48)42-32(52)23(37)18-47/h5-7,9-10,19-20,22-25,28-29,47H,8,11-18,37,41H2,1-4H3,(H2,38,48)(H2,39,49)(H2,40,51)(H,42,52)(H,43,53)(H,44,54)(H,45,55)/t22?,23?,24?,25?,28?,29?,36-/m1/s1.